The largest absolute Gasteiger partial charge is 0.508 e. The second-order valence-corrected chi connectivity index (χ2v) is 2.46. The molecule has 0 fully saturated rings. The molecule has 1 aromatic carbocycles. The number of aromatic amines is 1. The lowest BCUT2D eigenvalue weighted by Crippen LogP contribution is -1.76. The van der Waals surface area contributed by atoms with Crippen LogP contribution in [0, 0.1) is 6.20 Å². The SMILES string of the molecule is Oc1cccc(-c2c[c]n[nH]2)c1. The normalized spacial score (nSPS) is 10.0. The lowest BCUT2D eigenvalue weighted by Gasteiger charge is -1.96. The molecule has 0 aliphatic carbocycles. The highest BCUT2D eigenvalue weighted by molar-refractivity contribution is 5.60. The maximum Gasteiger partial charge on any atom is 0.116 e. The zero-order chi connectivity index (χ0) is 8.39. The van der Waals surface area contributed by atoms with Gasteiger partial charge in [-0.05, 0) is 18.2 Å². The van der Waals surface area contributed by atoms with Crippen molar-refractivity contribution in [2.45, 2.75) is 0 Å². The van der Waals surface area contributed by atoms with Gasteiger partial charge >= 0.3 is 0 Å². The van der Waals surface area contributed by atoms with Crippen molar-refractivity contribution in [3.05, 3.63) is 36.5 Å². The molecule has 1 aromatic heterocycles. The predicted molar refractivity (Wildman–Crippen MR) is 44.5 cm³/mol. The average Bonchev–Trinajstić information content (AvgIpc) is 2.56. The molecular weight excluding hydrogens is 152 g/mol. The third kappa shape index (κ3) is 1.16. The maximum atomic E-state index is 9.17. The number of benzene rings is 1. The van der Waals surface area contributed by atoms with Crippen molar-refractivity contribution in [2.24, 2.45) is 0 Å². The van der Waals surface area contributed by atoms with E-state index < -0.39 is 0 Å². The minimum absolute atomic E-state index is 0.252. The molecule has 0 saturated carbocycles. The molecule has 0 unspecified atom stereocenters. The fraction of sp³-hybridized carbons (Fsp3) is 0. The van der Waals surface area contributed by atoms with E-state index >= 15 is 0 Å². The third-order valence-corrected chi connectivity index (χ3v) is 1.61. The summed E-state index contributed by atoms with van der Waals surface area (Å²) in [5.41, 5.74) is 1.76. The molecular formula is C9H7N2O. The van der Waals surface area contributed by atoms with Crippen LogP contribution in [0.2, 0.25) is 0 Å². The molecule has 0 atom stereocenters. The van der Waals surface area contributed by atoms with Crippen LogP contribution in [0.5, 0.6) is 5.75 Å². The Labute approximate surface area is 69.7 Å². The van der Waals surface area contributed by atoms with Crippen molar-refractivity contribution in [3.63, 3.8) is 0 Å². The number of aromatic nitrogens is 2. The second kappa shape index (κ2) is 2.70. The number of H-pyrrole nitrogens is 1. The molecule has 0 saturated heterocycles. The number of aromatic hydroxyl groups is 1. The third-order valence-electron chi connectivity index (χ3n) is 1.61. The summed E-state index contributed by atoms with van der Waals surface area (Å²) in [6, 6.07) is 8.70. The Hall–Kier alpha value is -1.77. The molecule has 59 valence electrons. The maximum absolute atomic E-state index is 9.17. The molecule has 12 heavy (non-hydrogen) atoms. The number of nitrogens with one attached hydrogen (secondary N) is 1. The van der Waals surface area contributed by atoms with Crippen molar-refractivity contribution in [1.82, 2.24) is 10.2 Å². The van der Waals surface area contributed by atoms with Crippen LogP contribution in [0.1, 0.15) is 0 Å². The zero-order valence-electron chi connectivity index (χ0n) is 6.28. The molecule has 0 aliphatic heterocycles. The fourth-order valence-electron chi connectivity index (χ4n) is 1.04. The van der Waals surface area contributed by atoms with E-state index in [4.69, 9.17) is 5.11 Å². The number of rotatable bonds is 1. The van der Waals surface area contributed by atoms with E-state index in [0.29, 0.717) is 0 Å². The van der Waals surface area contributed by atoms with E-state index in [-0.39, 0.29) is 5.75 Å². The highest BCUT2D eigenvalue weighted by Crippen LogP contribution is 2.19. The summed E-state index contributed by atoms with van der Waals surface area (Å²) in [7, 11) is 0. The van der Waals surface area contributed by atoms with Gasteiger partial charge in [-0.1, -0.05) is 12.1 Å². The van der Waals surface area contributed by atoms with E-state index in [1.807, 2.05) is 6.07 Å². The average molecular weight is 159 g/mol. The summed E-state index contributed by atoms with van der Waals surface area (Å²) in [6.07, 6.45) is 2.66. The molecule has 2 rings (SSSR count). The van der Waals surface area contributed by atoms with E-state index in [2.05, 4.69) is 16.4 Å². The second-order valence-electron chi connectivity index (χ2n) is 2.46. The van der Waals surface area contributed by atoms with E-state index in [0.717, 1.165) is 11.3 Å². The van der Waals surface area contributed by atoms with Gasteiger partial charge in [-0.25, -0.2) is 0 Å². The highest BCUT2D eigenvalue weighted by atomic mass is 16.3. The van der Waals surface area contributed by atoms with Gasteiger partial charge in [-0.3, -0.25) is 5.10 Å². The highest BCUT2D eigenvalue weighted by Gasteiger charge is 1.98. The van der Waals surface area contributed by atoms with Crippen LogP contribution in [0.3, 0.4) is 0 Å². The summed E-state index contributed by atoms with van der Waals surface area (Å²) in [5, 5.41) is 15.6. The first-order valence-corrected chi connectivity index (χ1v) is 3.57. The fourth-order valence-corrected chi connectivity index (χ4v) is 1.04. The van der Waals surface area contributed by atoms with Crippen LogP contribution in [-0.2, 0) is 0 Å². The molecule has 2 N–H and O–H groups in total. The molecule has 1 radical (unpaired) electrons. The van der Waals surface area contributed by atoms with Gasteiger partial charge in [-0.2, -0.15) is 5.10 Å². The van der Waals surface area contributed by atoms with Crippen molar-refractivity contribution in [2.75, 3.05) is 0 Å². The standard InChI is InChI=1S/C9H7N2O/c12-8-3-1-2-7(6-8)9-4-5-10-11-9/h1-4,6,12H,(H,10,11). The Kier molecular flexibility index (Phi) is 1.55. The topological polar surface area (TPSA) is 48.9 Å². The molecule has 0 amide bonds. The number of hydrogen-bond donors (Lipinski definition) is 2. The van der Waals surface area contributed by atoms with E-state index in [1.54, 1.807) is 24.3 Å². The summed E-state index contributed by atoms with van der Waals surface area (Å²) >= 11 is 0. The van der Waals surface area contributed by atoms with E-state index in [9.17, 15) is 0 Å². The summed E-state index contributed by atoms with van der Waals surface area (Å²) in [4.78, 5) is 0. The van der Waals surface area contributed by atoms with Crippen molar-refractivity contribution in [1.29, 1.82) is 0 Å². The van der Waals surface area contributed by atoms with Gasteiger partial charge in [0, 0.05) is 5.56 Å². The smallest absolute Gasteiger partial charge is 0.116 e. The molecule has 1 heterocycles. The lowest BCUT2D eigenvalue weighted by molar-refractivity contribution is 0.475. The first kappa shape index (κ1) is 6.91. The molecule has 3 heteroatoms. The summed E-state index contributed by atoms with van der Waals surface area (Å²) in [5.74, 6) is 0.252. The van der Waals surface area contributed by atoms with Gasteiger partial charge in [0.2, 0.25) is 0 Å². The summed E-state index contributed by atoms with van der Waals surface area (Å²) < 4.78 is 0. The molecule has 0 spiro atoms. The van der Waals surface area contributed by atoms with Crippen LogP contribution < -0.4 is 0 Å². The minimum atomic E-state index is 0.252. The van der Waals surface area contributed by atoms with Crippen LogP contribution in [0.25, 0.3) is 11.3 Å². The Morgan fingerprint density at radius 3 is 3.00 bits per heavy atom. The van der Waals surface area contributed by atoms with Gasteiger partial charge < -0.3 is 5.11 Å². The van der Waals surface area contributed by atoms with Gasteiger partial charge in [0.1, 0.15) is 11.9 Å². The predicted octanol–water partition coefficient (Wildman–Crippen LogP) is 1.58. The lowest BCUT2D eigenvalue weighted by atomic mass is 10.1. The Morgan fingerprint density at radius 2 is 2.33 bits per heavy atom. The molecule has 0 aliphatic rings. The Bertz CT molecular complexity index is 368. The Balaban J connectivity index is 2.48. The monoisotopic (exact) mass is 159 g/mol. The van der Waals surface area contributed by atoms with Gasteiger partial charge in [0.15, 0.2) is 0 Å². The van der Waals surface area contributed by atoms with Gasteiger partial charge in [0.05, 0.1) is 5.69 Å². The summed E-state index contributed by atoms with van der Waals surface area (Å²) in [6.45, 7) is 0. The van der Waals surface area contributed by atoms with Crippen molar-refractivity contribution < 1.29 is 5.11 Å². The van der Waals surface area contributed by atoms with Gasteiger partial charge in [0.25, 0.3) is 0 Å². The molecule has 0 bridgehead atoms. The number of nitrogens with zero attached hydrogens (tertiary/aromatic N) is 1. The van der Waals surface area contributed by atoms with Crippen LogP contribution in [-0.4, -0.2) is 15.3 Å². The number of phenolic OH excluding ortho intramolecular Hbond substituents is 1. The molecule has 3 nitrogen and oxygen atoms in total. The number of hydrogen-bond acceptors (Lipinski definition) is 2. The van der Waals surface area contributed by atoms with E-state index in [1.165, 1.54) is 0 Å². The van der Waals surface area contributed by atoms with Crippen LogP contribution in [0.4, 0.5) is 0 Å². The number of phenols is 1. The first-order valence-electron chi connectivity index (χ1n) is 3.57. The molecule has 2 aromatic rings. The Morgan fingerprint density at radius 1 is 1.42 bits per heavy atom. The first-order chi connectivity index (χ1) is 5.86. The zero-order valence-corrected chi connectivity index (χ0v) is 6.28. The van der Waals surface area contributed by atoms with Crippen LogP contribution in [0.15, 0.2) is 30.3 Å². The van der Waals surface area contributed by atoms with Crippen LogP contribution >= 0.6 is 0 Å². The minimum Gasteiger partial charge on any atom is -0.508 e. The van der Waals surface area contributed by atoms with Crippen molar-refractivity contribution in [3.8, 4) is 17.0 Å². The quantitative estimate of drug-likeness (QED) is 0.663. The van der Waals surface area contributed by atoms with Gasteiger partial charge in [-0.15, -0.1) is 0 Å². The van der Waals surface area contributed by atoms with Crippen molar-refractivity contribution >= 4 is 0 Å².